The maximum Gasteiger partial charge on any atom is 0.247 e. The first-order valence-electron chi connectivity index (χ1n) is 5.09. The van der Waals surface area contributed by atoms with Crippen LogP contribution in [0.5, 0.6) is 0 Å². The van der Waals surface area contributed by atoms with E-state index in [9.17, 15) is 9.59 Å². The van der Waals surface area contributed by atoms with Crippen LogP contribution in [0.1, 0.15) is 19.4 Å². The third kappa shape index (κ3) is 2.52. The second-order valence-corrected chi connectivity index (χ2v) is 4.87. The van der Waals surface area contributed by atoms with Crippen molar-refractivity contribution in [1.82, 2.24) is 0 Å². The lowest BCUT2D eigenvalue weighted by atomic mass is 10.2. The van der Waals surface area contributed by atoms with Crippen LogP contribution in [0.2, 0.25) is 0 Å². The number of hydrogen-bond donors (Lipinski definition) is 0. The lowest BCUT2D eigenvalue weighted by Crippen LogP contribution is -2.30. The van der Waals surface area contributed by atoms with Gasteiger partial charge >= 0.3 is 0 Å². The van der Waals surface area contributed by atoms with Gasteiger partial charge in [0, 0.05) is 6.42 Å². The van der Waals surface area contributed by atoms with Gasteiger partial charge in [-0.2, -0.15) is 11.8 Å². The summed E-state index contributed by atoms with van der Waals surface area (Å²) < 4.78 is 0. The molecule has 17 heavy (non-hydrogen) atoms. The van der Waals surface area contributed by atoms with E-state index in [0.29, 0.717) is 12.1 Å². The first kappa shape index (κ1) is 13.8. The molecule has 1 aliphatic rings. The van der Waals surface area contributed by atoms with E-state index in [1.54, 1.807) is 0 Å². The van der Waals surface area contributed by atoms with E-state index < -0.39 is 0 Å². The number of aryl methyl sites for hydroxylation is 1. The van der Waals surface area contributed by atoms with Crippen molar-refractivity contribution in [2.45, 2.75) is 26.0 Å². The van der Waals surface area contributed by atoms with Gasteiger partial charge in [0.1, 0.15) is 0 Å². The number of anilines is 1. The van der Waals surface area contributed by atoms with Crippen molar-refractivity contribution in [3.63, 3.8) is 0 Å². The number of carbonyl (C=O) groups excluding carboxylic acids is 2. The Balaban J connectivity index is 0.00000144. The molecule has 1 aliphatic heterocycles. The fourth-order valence-corrected chi connectivity index (χ4v) is 2.37. The molecule has 1 unspecified atom stereocenters. The second-order valence-electron chi connectivity index (χ2n) is 3.83. The number of thioether (sulfide) groups is 1. The number of amides is 2. The molecule has 3 nitrogen and oxygen atoms in total. The Labute approximate surface area is 106 Å². The first-order chi connectivity index (χ1) is 7.63. The molecule has 0 spiro atoms. The van der Waals surface area contributed by atoms with Crippen LogP contribution < -0.4 is 4.90 Å². The van der Waals surface area contributed by atoms with E-state index in [2.05, 4.69) is 0 Å². The minimum atomic E-state index is -0.214. The van der Waals surface area contributed by atoms with E-state index in [1.165, 1.54) is 16.7 Å². The van der Waals surface area contributed by atoms with Gasteiger partial charge in [-0.3, -0.25) is 9.59 Å². The summed E-state index contributed by atoms with van der Waals surface area (Å²) in [5.74, 6) is -0.199. The highest BCUT2D eigenvalue weighted by Gasteiger charge is 2.38. The summed E-state index contributed by atoms with van der Waals surface area (Å²) in [6.45, 7) is 1.97. The Morgan fingerprint density at radius 2 is 1.82 bits per heavy atom. The molecule has 4 heteroatoms. The number of imide groups is 1. The van der Waals surface area contributed by atoms with Gasteiger partial charge in [-0.15, -0.1) is 0 Å². The van der Waals surface area contributed by atoms with Crippen molar-refractivity contribution < 1.29 is 9.59 Å². The van der Waals surface area contributed by atoms with Crippen molar-refractivity contribution >= 4 is 29.3 Å². The van der Waals surface area contributed by atoms with E-state index in [1.807, 2.05) is 37.4 Å². The van der Waals surface area contributed by atoms with Gasteiger partial charge in [-0.05, 0) is 25.3 Å². The highest BCUT2D eigenvalue weighted by molar-refractivity contribution is 8.00. The Morgan fingerprint density at radius 3 is 2.29 bits per heavy atom. The average molecular weight is 251 g/mol. The Kier molecular flexibility index (Phi) is 4.34. The van der Waals surface area contributed by atoms with Crippen molar-refractivity contribution in [2.75, 3.05) is 11.2 Å². The molecule has 1 aromatic carbocycles. The zero-order valence-corrected chi connectivity index (χ0v) is 10.1. The Bertz CT molecular complexity index is 428. The molecular weight excluding hydrogens is 234 g/mol. The molecule has 1 saturated heterocycles. The molecule has 1 atom stereocenters. The van der Waals surface area contributed by atoms with Gasteiger partial charge in [0.15, 0.2) is 0 Å². The topological polar surface area (TPSA) is 37.4 Å². The summed E-state index contributed by atoms with van der Waals surface area (Å²) in [5, 5.41) is -0.214. The molecule has 0 aliphatic carbocycles. The molecule has 0 N–H and O–H groups in total. The lowest BCUT2D eigenvalue weighted by Gasteiger charge is -2.14. The predicted octanol–water partition coefficient (Wildman–Crippen LogP) is 2.63. The highest BCUT2D eigenvalue weighted by atomic mass is 32.2. The van der Waals surface area contributed by atoms with Crippen molar-refractivity contribution in [2.24, 2.45) is 0 Å². The monoisotopic (exact) mass is 251 g/mol. The highest BCUT2D eigenvalue weighted by Crippen LogP contribution is 2.28. The van der Waals surface area contributed by atoms with Crippen LogP contribution in [0.15, 0.2) is 24.3 Å². The van der Waals surface area contributed by atoms with Crippen molar-refractivity contribution in [3.8, 4) is 0 Å². The van der Waals surface area contributed by atoms with Gasteiger partial charge in [0.25, 0.3) is 0 Å². The Morgan fingerprint density at radius 1 is 1.24 bits per heavy atom. The van der Waals surface area contributed by atoms with Crippen LogP contribution >= 0.6 is 11.8 Å². The van der Waals surface area contributed by atoms with E-state index >= 15 is 0 Å². The van der Waals surface area contributed by atoms with E-state index in [4.69, 9.17) is 0 Å². The molecule has 2 rings (SSSR count). The molecule has 0 aromatic heterocycles. The average Bonchev–Trinajstić information content (AvgIpc) is 2.56. The molecule has 1 fully saturated rings. The van der Waals surface area contributed by atoms with Gasteiger partial charge in [0.05, 0.1) is 10.9 Å². The van der Waals surface area contributed by atoms with Crippen LogP contribution in [0.4, 0.5) is 5.69 Å². The minimum absolute atomic E-state index is 0. The smallest absolute Gasteiger partial charge is 0.247 e. The lowest BCUT2D eigenvalue weighted by molar-refractivity contribution is -0.121. The third-order valence-electron chi connectivity index (χ3n) is 2.68. The first-order valence-corrected chi connectivity index (χ1v) is 6.38. The summed E-state index contributed by atoms with van der Waals surface area (Å²) in [5.41, 5.74) is 1.79. The second kappa shape index (κ2) is 5.36. The fraction of sp³-hybridized carbons (Fsp3) is 0.385. The summed E-state index contributed by atoms with van der Waals surface area (Å²) in [6.07, 6.45) is 2.17. The number of nitrogens with zero attached hydrogens (tertiary/aromatic N) is 1. The summed E-state index contributed by atoms with van der Waals surface area (Å²) >= 11 is 1.43. The van der Waals surface area contributed by atoms with Gasteiger partial charge < -0.3 is 0 Å². The summed E-state index contributed by atoms with van der Waals surface area (Å²) in [4.78, 5) is 24.9. The van der Waals surface area contributed by atoms with Gasteiger partial charge in [0.2, 0.25) is 11.8 Å². The molecule has 0 saturated carbocycles. The molecule has 2 amide bonds. The molecule has 1 aromatic rings. The zero-order chi connectivity index (χ0) is 11.7. The standard InChI is InChI=1S/C12H13NO2S.CH4/c1-8-3-5-9(6-4-8)13-11(14)7-10(16-2)12(13)15;/h3-6,10H,7H2,1-2H3;1H4. The quantitative estimate of drug-likeness (QED) is 0.758. The maximum atomic E-state index is 11.9. The minimum Gasteiger partial charge on any atom is -0.274 e. The number of carbonyl (C=O) groups is 2. The maximum absolute atomic E-state index is 11.9. The van der Waals surface area contributed by atoms with Crippen LogP contribution in [0.25, 0.3) is 0 Å². The molecule has 0 radical (unpaired) electrons. The third-order valence-corrected chi connectivity index (χ3v) is 3.62. The largest absolute Gasteiger partial charge is 0.274 e. The van der Waals surface area contributed by atoms with E-state index in [0.717, 1.165) is 5.56 Å². The van der Waals surface area contributed by atoms with Crippen molar-refractivity contribution in [1.29, 1.82) is 0 Å². The number of hydrogen-bond acceptors (Lipinski definition) is 3. The van der Waals surface area contributed by atoms with Crippen molar-refractivity contribution in [3.05, 3.63) is 29.8 Å². The van der Waals surface area contributed by atoms with Crippen LogP contribution in [0, 0.1) is 6.92 Å². The number of benzene rings is 1. The predicted molar refractivity (Wildman–Crippen MR) is 72.3 cm³/mol. The zero-order valence-electron chi connectivity index (χ0n) is 9.27. The van der Waals surface area contributed by atoms with E-state index in [-0.39, 0.29) is 24.5 Å². The van der Waals surface area contributed by atoms with Crippen LogP contribution in [0.3, 0.4) is 0 Å². The van der Waals surface area contributed by atoms with Crippen LogP contribution in [-0.4, -0.2) is 23.3 Å². The molecule has 1 heterocycles. The van der Waals surface area contributed by atoms with Gasteiger partial charge in [-0.1, -0.05) is 25.1 Å². The molecule has 92 valence electrons. The fourth-order valence-electron chi connectivity index (χ4n) is 1.75. The summed E-state index contributed by atoms with van der Waals surface area (Å²) in [6, 6.07) is 7.44. The molecule has 0 bridgehead atoms. The number of rotatable bonds is 2. The normalized spacial score (nSPS) is 19.4. The van der Waals surface area contributed by atoms with Gasteiger partial charge in [-0.25, -0.2) is 4.90 Å². The summed E-state index contributed by atoms with van der Waals surface area (Å²) in [7, 11) is 0. The molecular formula is C13H17NO2S. The Hall–Kier alpha value is -1.29. The van der Waals surface area contributed by atoms with Crippen LogP contribution in [-0.2, 0) is 9.59 Å². The SMILES string of the molecule is C.CSC1CC(=O)N(c2ccc(C)cc2)C1=O.